The second-order valence-electron chi connectivity index (χ2n) is 5.77. The molecule has 3 heteroatoms. The van der Waals surface area contributed by atoms with Crippen LogP contribution in [0.5, 0.6) is 0 Å². The summed E-state index contributed by atoms with van der Waals surface area (Å²) in [6.45, 7) is 10.9. The summed E-state index contributed by atoms with van der Waals surface area (Å²) in [6.07, 6.45) is 2.76. The minimum atomic E-state index is 0.715. The highest BCUT2D eigenvalue weighted by Gasteiger charge is 2.26. The summed E-state index contributed by atoms with van der Waals surface area (Å²) < 4.78 is 0. The summed E-state index contributed by atoms with van der Waals surface area (Å²) >= 11 is 0. The number of nitrogens with zero attached hydrogens (tertiary/aromatic N) is 2. The molecule has 0 aromatic rings. The van der Waals surface area contributed by atoms with E-state index in [2.05, 4.69) is 36.0 Å². The Balaban J connectivity index is 1.80. The van der Waals surface area contributed by atoms with Crippen LogP contribution in [0.1, 0.15) is 26.7 Å². The van der Waals surface area contributed by atoms with Crippen molar-refractivity contribution in [3.63, 3.8) is 0 Å². The highest BCUT2D eigenvalue weighted by Crippen LogP contribution is 2.17. The monoisotopic (exact) mass is 225 g/mol. The molecule has 2 aliphatic heterocycles. The molecule has 16 heavy (non-hydrogen) atoms. The Morgan fingerprint density at radius 2 is 2.06 bits per heavy atom. The third kappa shape index (κ3) is 2.96. The smallest absolute Gasteiger partial charge is 0.0220 e. The zero-order valence-corrected chi connectivity index (χ0v) is 11.1. The average Bonchev–Trinajstić information content (AvgIpc) is 2.27. The first kappa shape index (κ1) is 12.3. The topological polar surface area (TPSA) is 18.5 Å². The van der Waals surface area contributed by atoms with E-state index in [0.29, 0.717) is 6.04 Å². The zero-order chi connectivity index (χ0) is 11.5. The summed E-state index contributed by atoms with van der Waals surface area (Å²) in [5.41, 5.74) is 0. The summed E-state index contributed by atoms with van der Waals surface area (Å²) in [7, 11) is 2.24. The van der Waals surface area contributed by atoms with E-state index in [-0.39, 0.29) is 0 Å². The van der Waals surface area contributed by atoms with Gasteiger partial charge in [0.05, 0.1) is 0 Å². The fraction of sp³-hybridized carbons (Fsp3) is 1.00. The van der Waals surface area contributed by atoms with Crippen LogP contribution in [0.3, 0.4) is 0 Å². The second-order valence-corrected chi connectivity index (χ2v) is 5.77. The van der Waals surface area contributed by atoms with Gasteiger partial charge in [0.1, 0.15) is 0 Å². The molecule has 0 aromatic carbocycles. The molecule has 3 atom stereocenters. The van der Waals surface area contributed by atoms with Crippen molar-refractivity contribution in [2.24, 2.45) is 5.92 Å². The van der Waals surface area contributed by atoms with Crippen LogP contribution in [0, 0.1) is 5.92 Å². The van der Waals surface area contributed by atoms with E-state index in [1.165, 1.54) is 45.6 Å². The van der Waals surface area contributed by atoms with Crippen molar-refractivity contribution in [2.45, 2.75) is 38.8 Å². The van der Waals surface area contributed by atoms with Gasteiger partial charge in [-0.2, -0.15) is 0 Å². The first-order valence-electron chi connectivity index (χ1n) is 6.83. The van der Waals surface area contributed by atoms with Crippen molar-refractivity contribution < 1.29 is 0 Å². The van der Waals surface area contributed by atoms with Crippen LogP contribution in [0.25, 0.3) is 0 Å². The summed E-state index contributed by atoms with van der Waals surface area (Å²) in [5.74, 6) is 0.851. The molecule has 2 saturated heterocycles. The SMILES string of the molecule is CC1CCCNC1CN1CCN(C)C(C)C1. The molecular weight excluding hydrogens is 198 g/mol. The van der Waals surface area contributed by atoms with E-state index in [1.54, 1.807) is 0 Å². The van der Waals surface area contributed by atoms with Crippen molar-refractivity contribution in [1.82, 2.24) is 15.1 Å². The molecule has 3 nitrogen and oxygen atoms in total. The van der Waals surface area contributed by atoms with E-state index >= 15 is 0 Å². The number of likely N-dealkylation sites (N-methyl/N-ethyl adjacent to an activating group) is 1. The van der Waals surface area contributed by atoms with Crippen LogP contribution in [0.4, 0.5) is 0 Å². The third-order valence-electron chi connectivity index (χ3n) is 4.43. The molecule has 2 rings (SSSR count). The van der Waals surface area contributed by atoms with Gasteiger partial charge in [0, 0.05) is 38.3 Å². The second kappa shape index (κ2) is 5.48. The lowest BCUT2D eigenvalue weighted by Crippen LogP contribution is -2.55. The predicted octanol–water partition coefficient (Wildman–Crippen LogP) is 1.01. The van der Waals surface area contributed by atoms with Crippen molar-refractivity contribution in [2.75, 3.05) is 39.8 Å². The highest BCUT2D eigenvalue weighted by molar-refractivity contribution is 4.85. The lowest BCUT2D eigenvalue weighted by Gasteiger charge is -2.41. The minimum absolute atomic E-state index is 0.715. The minimum Gasteiger partial charge on any atom is -0.312 e. The maximum Gasteiger partial charge on any atom is 0.0220 e. The van der Waals surface area contributed by atoms with Gasteiger partial charge in [-0.3, -0.25) is 4.90 Å². The standard InChI is InChI=1S/C13H27N3/c1-11-5-4-6-14-13(11)10-16-8-7-15(3)12(2)9-16/h11-14H,4-10H2,1-3H3. The van der Waals surface area contributed by atoms with Crippen molar-refractivity contribution >= 4 is 0 Å². The number of hydrogen-bond acceptors (Lipinski definition) is 3. The normalized spacial score (nSPS) is 38.8. The molecule has 0 radical (unpaired) electrons. The van der Waals surface area contributed by atoms with Crippen LogP contribution >= 0.6 is 0 Å². The predicted molar refractivity (Wildman–Crippen MR) is 68.7 cm³/mol. The molecule has 0 amide bonds. The number of rotatable bonds is 2. The van der Waals surface area contributed by atoms with Crippen LogP contribution in [0.15, 0.2) is 0 Å². The van der Waals surface area contributed by atoms with Gasteiger partial charge in [-0.15, -0.1) is 0 Å². The van der Waals surface area contributed by atoms with E-state index in [1.807, 2.05) is 0 Å². The van der Waals surface area contributed by atoms with Gasteiger partial charge < -0.3 is 10.2 Å². The molecule has 2 fully saturated rings. The fourth-order valence-electron chi connectivity index (χ4n) is 2.93. The zero-order valence-electron chi connectivity index (χ0n) is 11.1. The van der Waals surface area contributed by atoms with Gasteiger partial charge in [-0.1, -0.05) is 6.92 Å². The van der Waals surface area contributed by atoms with Gasteiger partial charge in [0.15, 0.2) is 0 Å². The first-order chi connectivity index (χ1) is 7.66. The summed E-state index contributed by atoms with van der Waals surface area (Å²) in [4.78, 5) is 5.11. The summed E-state index contributed by atoms with van der Waals surface area (Å²) in [5, 5.41) is 3.69. The maximum absolute atomic E-state index is 3.69. The number of piperidine rings is 1. The molecule has 0 spiro atoms. The van der Waals surface area contributed by atoms with Crippen molar-refractivity contribution in [1.29, 1.82) is 0 Å². The largest absolute Gasteiger partial charge is 0.312 e. The molecule has 2 aliphatic rings. The third-order valence-corrected chi connectivity index (χ3v) is 4.43. The number of hydrogen-bond donors (Lipinski definition) is 1. The van der Waals surface area contributed by atoms with Crippen molar-refractivity contribution in [3.05, 3.63) is 0 Å². The molecule has 94 valence electrons. The van der Waals surface area contributed by atoms with E-state index in [4.69, 9.17) is 0 Å². The van der Waals surface area contributed by atoms with E-state index < -0.39 is 0 Å². The molecule has 0 aliphatic carbocycles. The molecule has 0 bridgehead atoms. The van der Waals surface area contributed by atoms with Gasteiger partial charge in [0.2, 0.25) is 0 Å². The Hall–Kier alpha value is -0.120. The Labute approximate surface area is 100 Å². The Kier molecular flexibility index (Phi) is 4.22. The Bertz CT molecular complexity index is 219. The number of piperazine rings is 1. The van der Waals surface area contributed by atoms with Crippen molar-refractivity contribution in [3.8, 4) is 0 Å². The average molecular weight is 225 g/mol. The van der Waals surface area contributed by atoms with E-state index in [0.717, 1.165) is 12.0 Å². The van der Waals surface area contributed by atoms with Gasteiger partial charge in [-0.25, -0.2) is 0 Å². The Morgan fingerprint density at radius 1 is 1.25 bits per heavy atom. The van der Waals surface area contributed by atoms with Crippen LogP contribution in [0.2, 0.25) is 0 Å². The molecule has 2 heterocycles. The van der Waals surface area contributed by atoms with Crippen LogP contribution in [-0.4, -0.2) is 61.7 Å². The van der Waals surface area contributed by atoms with Gasteiger partial charge in [0.25, 0.3) is 0 Å². The lowest BCUT2D eigenvalue weighted by molar-refractivity contribution is 0.0863. The quantitative estimate of drug-likeness (QED) is 0.757. The van der Waals surface area contributed by atoms with E-state index in [9.17, 15) is 0 Å². The Morgan fingerprint density at radius 3 is 2.75 bits per heavy atom. The number of nitrogens with one attached hydrogen (secondary N) is 1. The van der Waals surface area contributed by atoms with Gasteiger partial charge in [-0.05, 0) is 39.3 Å². The van der Waals surface area contributed by atoms with Crippen LogP contribution in [-0.2, 0) is 0 Å². The van der Waals surface area contributed by atoms with Crippen LogP contribution < -0.4 is 5.32 Å². The van der Waals surface area contributed by atoms with Gasteiger partial charge >= 0.3 is 0 Å². The lowest BCUT2D eigenvalue weighted by atomic mass is 9.92. The maximum atomic E-state index is 3.69. The molecule has 0 aromatic heterocycles. The molecule has 0 saturated carbocycles. The molecular formula is C13H27N3. The highest BCUT2D eigenvalue weighted by atomic mass is 15.3. The first-order valence-corrected chi connectivity index (χ1v) is 6.83. The molecule has 3 unspecified atom stereocenters. The fourth-order valence-corrected chi connectivity index (χ4v) is 2.93. The molecule has 1 N–H and O–H groups in total. The summed E-state index contributed by atoms with van der Waals surface area (Å²) in [6, 6.07) is 1.44.